The average Bonchev–Trinajstić information content (AvgIpc) is 2.69. The van der Waals surface area contributed by atoms with Crippen LogP contribution in [0.2, 0.25) is 0 Å². The normalized spacial score (nSPS) is 10.4. The maximum Gasteiger partial charge on any atom is 0.352 e. The largest absolute Gasteiger partial charge is 0.477 e. The molecular formula is C12H11IN2O2. The number of carboxylic acids is 1. The van der Waals surface area contributed by atoms with Gasteiger partial charge in [0.1, 0.15) is 5.69 Å². The van der Waals surface area contributed by atoms with Crippen LogP contribution in [0.4, 0.5) is 0 Å². The molecule has 88 valence electrons. The van der Waals surface area contributed by atoms with E-state index < -0.39 is 5.97 Å². The first-order chi connectivity index (χ1) is 8.16. The van der Waals surface area contributed by atoms with Crippen molar-refractivity contribution in [1.29, 1.82) is 0 Å². The number of nitrogens with zero attached hydrogens (tertiary/aromatic N) is 2. The zero-order valence-corrected chi connectivity index (χ0v) is 11.2. The van der Waals surface area contributed by atoms with Crippen LogP contribution in [-0.2, 0) is 13.0 Å². The van der Waals surface area contributed by atoms with Crippen molar-refractivity contribution in [2.24, 2.45) is 0 Å². The summed E-state index contributed by atoms with van der Waals surface area (Å²) in [4.78, 5) is 15.0. The van der Waals surface area contributed by atoms with Crippen LogP contribution >= 0.6 is 22.6 Å². The Labute approximate surface area is 112 Å². The second-order valence-electron chi connectivity index (χ2n) is 3.65. The Kier molecular flexibility index (Phi) is 3.78. The monoisotopic (exact) mass is 342 g/mol. The second kappa shape index (κ2) is 5.31. The summed E-state index contributed by atoms with van der Waals surface area (Å²) in [5.41, 5.74) is 1.49. The van der Waals surface area contributed by atoms with Crippen LogP contribution in [0.5, 0.6) is 0 Å². The minimum Gasteiger partial charge on any atom is -0.477 e. The number of halogens is 1. The average molecular weight is 342 g/mol. The molecule has 0 radical (unpaired) electrons. The van der Waals surface area contributed by atoms with Gasteiger partial charge in [-0.2, -0.15) is 0 Å². The number of aryl methyl sites for hydroxylation is 2. The molecule has 5 heteroatoms. The van der Waals surface area contributed by atoms with Crippen LogP contribution in [0.1, 0.15) is 16.1 Å². The molecule has 0 bridgehead atoms. The molecule has 2 rings (SSSR count). The topological polar surface area (TPSA) is 55.1 Å². The Balaban J connectivity index is 2.11. The third-order valence-electron chi connectivity index (χ3n) is 2.47. The maximum atomic E-state index is 11.0. The van der Waals surface area contributed by atoms with Gasteiger partial charge in [-0.3, -0.25) is 4.98 Å². The molecule has 0 saturated carbocycles. The lowest BCUT2D eigenvalue weighted by atomic mass is 10.2. The fourth-order valence-corrected chi connectivity index (χ4v) is 2.27. The van der Waals surface area contributed by atoms with Gasteiger partial charge in [0.15, 0.2) is 0 Å². The number of carbonyl (C=O) groups is 1. The van der Waals surface area contributed by atoms with E-state index in [9.17, 15) is 4.79 Å². The van der Waals surface area contributed by atoms with Gasteiger partial charge in [0.05, 0.1) is 0 Å². The van der Waals surface area contributed by atoms with Gasteiger partial charge in [0.25, 0.3) is 0 Å². The predicted molar refractivity (Wildman–Crippen MR) is 72.0 cm³/mol. The maximum absolute atomic E-state index is 11.0. The first kappa shape index (κ1) is 12.1. The van der Waals surface area contributed by atoms with Crippen LogP contribution in [0, 0.1) is 3.57 Å². The highest BCUT2D eigenvalue weighted by atomic mass is 127. The molecule has 0 amide bonds. The Morgan fingerprint density at radius 3 is 2.76 bits per heavy atom. The SMILES string of the molecule is O=C(O)c1cc(I)cn1CCc1ccncc1. The summed E-state index contributed by atoms with van der Waals surface area (Å²) < 4.78 is 2.71. The van der Waals surface area contributed by atoms with E-state index in [2.05, 4.69) is 27.6 Å². The molecule has 0 aromatic carbocycles. The summed E-state index contributed by atoms with van der Waals surface area (Å²) in [6.07, 6.45) is 6.14. The fourth-order valence-electron chi connectivity index (χ4n) is 1.64. The van der Waals surface area contributed by atoms with E-state index in [-0.39, 0.29) is 0 Å². The summed E-state index contributed by atoms with van der Waals surface area (Å²) in [5, 5.41) is 9.04. The molecular weight excluding hydrogens is 331 g/mol. The van der Waals surface area contributed by atoms with Gasteiger partial charge in [0, 0.05) is 28.7 Å². The van der Waals surface area contributed by atoms with Crippen molar-refractivity contribution in [2.75, 3.05) is 0 Å². The number of carboxylic acid groups (broad SMARTS) is 1. The van der Waals surface area contributed by atoms with E-state index >= 15 is 0 Å². The molecule has 0 fully saturated rings. The zero-order chi connectivity index (χ0) is 12.3. The van der Waals surface area contributed by atoms with Gasteiger partial charge in [-0.15, -0.1) is 0 Å². The molecule has 2 heterocycles. The number of aromatic carboxylic acids is 1. The van der Waals surface area contributed by atoms with Gasteiger partial charge in [-0.05, 0) is 52.8 Å². The Morgan fingerprint density at radius 1 is 1.41 bits per heavy atom. The fraction of sp³-hybridized carbons (Fsp3) is 0.167. The first-order valence-corrected chi connectivity index (χ1v) is 6.22. The van der Waals surface area contributed by atoms with Crippen LogP contribution in [0.25, 0.3) is 0 Å². The molecule has 0 spiro atoms. The van der Waals surface area contributed by atoms with Gasteiger partial charge < -0.3 is 9.67 Å². The standard InChI is InChI=1S/C12H11IN2O2/c13-10-7-11(12(16)17)15(8-10)6-3-9-1-4-14-5-2-9/h1-2,4-5,7-8H,3,6H2,(H,16,17). The van der Waals surface area contributed by atoms with Crippen molar-refractivity contribution in [3.8, 4) is 0 Å². The molecule has 0 aliphatic carbocycles. The van der Waals surface area contributed by atoms with E-state index in [1.807, 2.05) is 18.3 Å². The molecule has 1 N–H and O–H groups in total. The van der Waals surface area contributed by atoms with Gasteiger partial charge in [-0.25, -0.2) is 4.79 Å². The molecule has 0 saturated heterocycles. The molecule has 2 aromatic heterocycles. The number of hydrogen-bond donors (Lipinski definition) is 1. The van der Waals surface area contributed by atoms with Crippen LogP contribution in [0.3, 0.4) is 0 Å². The van der Waals surface area contributed by atoms with Crippen LogP contribution in [-0.4, -0.2) is 20.6 Å². The van der Waals surface area contributed by atoms with Crippen molar-refractivity contribution in [3.05, 3.63) is 51.6 Å². The van der Waals surface area contributed by atoms with Crippen LogP contribution in [0.15, 0.2) is 36.8 Å². The third-order valence-corrected chi connectivity index (χ3v) is 3.06. The van der Waals surface area contributed by atoms with Gasteiger partial charge in [0.2, 0.25) is 0 Å². The Morgan fingerprint density at radius 2 is 2.12 bits per heavy atom. The van der Waals surface area contributed by atoms with E-state index in [1.165, 1.54) is 0 Å². The van der Waals surface area contributed by atoms with Gasteiger partial charge >= 0.3 is 5.97 Å². The van der Waals surface area contributed by atoms with Crippen molar-refractivity contribution >= 4 is 28.6 Å². The predicted octanol–water partition coefficient (Wildman–Crippen LogP) is 2.43. The van der Waals surface area contributed by atoms with Gasteiger partial charge in [-0.1, -0.05) is 0 Å². The molecule has 0 aliphatic rings. The number of pyridine rings is 1. The Hall–Kier alpha value is -1.37. The summed E-state index contributed by atoms with van der Waals surface area (Å²) in [6, 6.07) is 5.55. The molecule has 0 aliphatic heterocycles. The van der Waals surface area contributed by atoms with Crippen molar-refractivity contribution in [3.63, 3.8) is 0 Å². The molecule has 0 unspecified atom stereocenters. The lowest BCUT2D eigenvalue weighted by molar-refractivity contribution is 0.0685. The lowest BCUT2D eigenvalue weighted by Gasteiger charge is -2.05. The zero-order valence-electron chi connectivity index (χ0n) is 9.01. The minimum absolute atomic E-state index is 0.337. The second-order valence-corrected chi connectivity index (χ2v) is 4.89. The van der Waals surface area contributed by atoms with Crippen LogP contribution < -0.4 is 0 Å². The third kappa shape index (κ3) is 3.06. The smallest absolute Gasteiger partial charge is 0.352 e. The number of hydrogen-bond acceptors (Lipinski definition) is 2. The van der Waals surface area contributed by atoms with Crippen molar-refractivity contribution in [1.82, 2.24) is 9.55 Å². The summed E-state index contributed by atoms with van der Waals surface area (Å²) in [7, 11) is 0. The summed E-state index contributed by atoms with van der Waals surface area (Å²) in [6.45, 7) is 0.661. The van der Waals surface area contributed by atoms with Crippen molar-refractivity contribution in [2.45, 2.75) is 13.0 Å². The Bertz CT molecular complexity index is 523. The van der Waals surface area contributed by atoms with E-state index in [0.29, 0.717) is 12.2 Å². The summed E-state index contributed by atoms with van der Waals surface area (Å²) in [5.74, 6) is -0.886. The first-order valence-electron chi connectivity index (χ1n) is 5.14. The van der Waals surface area contributed by atoms with E-state index in [4.69, 9.17) is 5.11 Å². The highest BCUT2D eigenvalue weighted by molar-refractivity contribution is 14.1. The van der Waals surface area contributed by atoms with E-state index in [1.54, 1.807) is 23.0 Å². The highest BCUT2D eigenvalue weighted by Gasteiger charge is 2.10. The number of rotatable bonds is 4. The van der Waals surface area contributed by atoms with Crippen molar-refractivity contribution < 1.29 is 9.90 Å². The minimum atomic E-state index is -0.886. The number of aromatic nitrogens is 2. The van der Waals surface area contributed by atoms with E-state index in [0.717, 1.165) is 15.6 Å². The quantitative estimate of drug-likeness (QED) is 0.869. The highest BCUT2D eigenvalue weighted by Crippen LogP contribution is 2.12. The summed E-state index contributed by atoms with van der Waals surface area (Å²) >= 11 is 2.12. The molecule has 0 atom stereocenters. The molecule has 4 nitrogen and oxygen atoms in total. The molecule has 17 heavy (non-hydrogen) atoms. The molecule has 2 aromatic rings. The lowest BCUT2D eigenvalue weighted by Crippen LogP contribution is -2.09.